The van der Waals surface area contributed by atoms with Gasteiger partial charge >= 0.3 is 0 Å². The summed E-state index contributed by atoms with van der Waals surface area (Å²) in [6, 6.07) is 13.6. The van der Waals surface area contributed by atoms with E-state index in [1.807, 2.05) is 56.3 Å². The van der Waals surface area contributed by atoms with Gasteiger partial charge in [0.25, 0.3) is 0 Å². The van der Waals surface area contributed by atoms with Crippen LogP contribution >= 0.6 is 0 Å². The number of hydrogen-bond acceptors (Lipinski definition) is 3. The molecule has 26 heavy (non-hydrogen) atoms. The number of aryl methyl sites for hydroxylation is 2. The highest BCUT2D eigenvalue weighted by Gasteiger charge is 2.17. The molecule has 1 heterocycles. The molecule has 3 aromatic rings. The van der Waals surface area contributed by atoms with Gasteiger partial charge in [0.05, 0.1) is 18.7 Å². The van der Waals surface area contributed by atoms with Gasteiger partial charge in [-0.1, -0.05) is 36.4 Å². The number of aromatic nitrogens is 2. The van der Waals surface area contributed by atoms with Crippen LogP contribution in [0.4, 0.5) is 5.69 Å². The minimum atomic E-state index is -0.224. The van der Waals surface area contributed by atoms with Crippen molar-refractivity contribution in [1.82, 2.24) is 15.1 Å². The fourth-order valence-electron chi connectivity index (χ4n) is 2.95. The van der Waals surface area contributed by atoms with Gasteiger partial charge in [-0.05, 0) is 25.3 Å². The first-order valence-electron chi connectivity index (χ1n) is 8.47. The van der Waals surface area contributed by atoms with Crippen LogP contribution in [0.2, 0.25) is 0 Å². The van der Waals surface area contributed by atoms with E-state index in [1.54, 1.807) is 7.05 Å². The van der Waals surface area contributed by atoms with Gasteiger partial charge in [0, 0.05) is 29.4 Å². The maximum atomic E-state index is 12.4. The number of benzene rings is 2. The number of carbonyl (C=O) groups is 2. The maximum absolute atomic E-state index is 12.4. The van der Waals surface area contributed by atoms with E-state index < -0.39 is 0 Å². The molecule has 0 spiro atoms. The van der Waals surface area contributed by atoms with E-state index in [9.17, 15) is 9.59 Å². The Labute approximate surface area is 152 Å². The standard InChI is InChI=1S/C20H22N4O2/c1-13-17(14(2)23-22-13)11-20(26)24(3)12-19(25)21-18-10-6-8-15-7-4-5-9-16(15)18/h4-10H,11-12H2,1-3H3,(H,21,25)(H,22,23). The molecule has 0 saturated heterocycles. The maximum Gasteiger partial charge on any atom is 0.244 e. The highest BCUT2D eigenvalue weighted by atomic mass is 16.2. The molecule has 2 N–H and O–H groups in total. The summed E-state index contributed by atoms with van der Waals surface area (Å²) < 4.78 is 0. The second-order valence-corrected chi connectivity index (χ2v) is 6.41. The summed E-state index contributed by atoms with van der Waals surface area (Å²) in [7, 11) is 1.63. The molecule has 0 fully saturated rings. The Hall–Kier alpha value is -3.15. The summed E-state index contributed by atoms with van der Waals surface area (Å²) in [6.07, 6.45) is 0.228. The van der Waals surface area contributed by atoms with Gasteiger partial charge in [0.15, 0.2) is 0 Å². The number of nitrogens with zero attached hydrogens (tertiary/aromatic N) is 2. The molecule has 0 saturated carbocycles. The summed E-state index contributed by atoms with van der Waals surface area (Å²) in [6.45, 7) is 3.74. The topological polar surface area (TPSA) is 78.1 Å². The van der Waals surface area contributed by atoms with Gasteiger partial charge in [-0.3, -0.25) is 14.7 Å². The summed E-state index contributed by atoms with van der Waals surface area (Å²) in [5, 5.41) is 11.9. The molecule has 0 unspecified atom stereocenters. The number of carbonyl (C=O) groups excluding carboxylic acids is 2. The predicted molar refractivity (Wildman–Crippen MR) is 102 cm³/mol. The molecule has 3 rings (SSSR count). The van der Waals surface area contributed by atoms with Crippen LogP contribution in [0.1, 0.15) is 17.0 Å². The van der Waals surface area contributed by atoms with Crippen LogP contribution in [0, 0.1) is 13.8 Å². The third kappa shape index (κ3) is 3.74. The Morgan fingerprint density at radius 2 is 1.85 bits per heavy atom. The largest absolute Gasteiger partial charge is 0.336 e. The number of nitrogens with one attached hydrogen (secondary N) is 2. The number of hydrogen-bond donors (Lipinski definition) is 2. The number of aromatic amines is 1. The molecule has 0 aliphatic carbocycles. The van der Waals surface area contributed by atoms with E-state index >= 15 is 0 Å². The molecule has 0 aliphatic rings. The average molecular weight is 350 g/mol. The molecule has 6 nitrogen and oxygen atoms in total. The Balaban J connectivity index is 1.64. The van der Waals surface area contributed by atoms with Gasteiger partial charge in [0.2, 0.25) is 11.8 Å². The van der Waals surface area contributed by atoms with Crippen molar-refractivity contribution in [3.63, 3.8) is 0 Å². The van der Waals surface area contributed by atoms with Crippen molar-refractivity contribution >= 4 is 28.3 Å². The SMILES string of the molecule is Cc1n[nH]c(C)c1CC(=O)N(C)CC(=O)Nc1cccc2ccccc12. The fraction of sp³-hybridized carbons (Fsp3) is 0.250. The summed E-state index contributed by atoms with van der Waals surface area (Å²) in [4.78, 5) is 26.2. The number of H-pyrrole nitrogens is 1. The highest BCUT2D eigenvalue weighted by molar-refractivity contribution is 6.03. The van der Waals surface area contributed by atoms with Gasteiger partial charge in [-0.15, -0.1) is 0 Å². The van der Waals surface area contributed by atoms with Crippen molar-refractivity contribution in [3.05, 3.63) is 59.4 Å². The third-order valence-corrected chi connectivity index (χ3v) is 4.48. The van der Waals surface area contributed by atoms with E-state index in [4.69, 9.17) is 0 Å². The molecule has 6 heteroatoms. The quantitative estimate of drug-likeness (QED) is 0.743. The molecule has 134 valence electrons. The summed E-state index contributed by atoms with van der Waals surface area (Å²) in [5.41, 5.74) is 3.32. The average Bonchev–Trinajstić information content (AvgIpc) is 2.94. The fourth-order valence-corrected chi connectivity index (χ4v) is 2.95. The molecular weight excluding hydrogens is 328 g/mol. The van der Waals surface area contributed by atoms with Gasteiger partial charge in [0.1, 0.15) is 0 Å². The first kappa shape index (κ1) is 17.7. The molecule has 0 bridgehead atoms. The Kier molecular flexibility index (Phi) is 5.02. The molecule has 2 aromatic carbocycles. The lowest BCUT2D eigenvalue weighted by molar-refractivity contribution is -0.132. The van der Waals surface area contributed by atoms with Crippen molar-refractivity contribution in [3.8, 4) is 0 Å². The van der Waals surface area contributed by atoms with E-state index in [-0.39, 0.29) is 24.8 Å². The van der Waals surface area contributed by atoms with Crippen LogP contribution in [0.3, 0.4) is 0 Å². The lowest BCUT2D eigenvalue weighted by Gasteiger charge is -2.17. The number of likely N-dealkylation sites (N-methyl/N-ethyl adjacent to an activating group) is 1. The van der Waals surface area contributed by atoms with Gasteiger partial charge < -0.3 is 10.2 Å². The van der Waals surface area contributed by atoms with Gasteiger partial charge in [-0.25, -0.2) is 0 Å². The monoisotopic (exact) mass is 350 g/mol. The molecule has 1 aromatic heterocycles. The molecule has 0 aliphatic heterocycles. The van der Waals surface area contributed by atoms with Crippen LogP contribution < -0.4 is 5.32 Å². The van der Waals surface area contributed by atoms with Crippen LogP contribution in [-0.2, 0) is 16.0 Å². The molecular formula is C20H22N4O2. The van der Waals surface area contributed by atoms with Crippen LogP contribution in [0.15, 0.2) is 42.5 Å². The Morgan fingerprint density at radius 3 is 2.58 bits per heavy atom. The van der Waals surface area contributed by atoms with Crippen molar-refractivity contribution < 1.29 is 9.59 Å². The predicted octanol–water partition coefficient (Wildman–Crippen LogP) is 2.82. The Morgan fingerprint density at radius 1 is 1.12 bits per heavy atom. The normalized spacial score (nSPS) is 10.7. The van der Waals surface area contributed by atoms with E-state index in [0.29, 0.717) is 0 Å². The van der Waals surface area contributed by atoms with E-state index in [2.05, 4.69) is 15.5 Å². The second kappa shape index (κ2) is 7.39. The van der Waals surface area contributed by atoms with Crippen molar-refractivity contribution in [2.24, 2.45) is 0 Å². The van der Waals surface area contributed by atoms with Crippen LogP contribution in [0.5, 0.6) is 0 Å². The molecule has 2 amide bonds. The lowest BCUT2D eigenvalue weighted by Crippen LogP contribution is -2.36. The number of rotatable bonds is 5. The van der Waals surface area contributed by atoms with E-state index in [0.717, 1.165) is 33.4 Å². The zero-order valence-corrected chi connectivity index (χ0v) is 15.2. The zero-order valence-electron chi connectivity index (χ0n) is 15.2. The first-order chi connectivity index (χ1) is 12.5. The smallest absolute Gasteiger partial charge is 0.244 e. The lowest BCUT2D eigenvalue weighted by atomic mass is 10.1. The number of amides is 2. The minimum absolute atomic E-state index is 0.00198. The first-order valence-corrected chi connectivity index (χ1v) is 8.47. The van der Waals surface area contributed by atoms with Crippen molar-refractivity contribution in [1.29, 1.82) is 0 Å². The molecule has 0 radical (unpaired) electrons. The number of anilines is 1. The molecule has 0 atom stereocenters. The van der Waals surface area contributed by atoms with Crippen LogP contribution in [-0.4, -0.2) is 40.5 Å². The summed E-state index contributed by atoms with van der Waals surface area (Å²) >= 11 is 0. The zero-order chi connectivity index (χ0) is 18.7. The van der Waals surface area contributed by atoms with Crippen molar-refractivity contribution in [2.45, 2.75) is 20.3 Å². The second-order valence-electron chi connectivity index (χ2n) is 6.41. The summed E-state index contributed by atoms with van der Waals surface area (Å²) in [5.74, 6) is -0.344. The highest BCUT2D eigenvalue weighted by Crippen LogP contribution is 2.22. The van der Waals surface area contributed by atoms with Crippen molar-refractivity contribution in [2.75, 3.05) is 18.9 Å². The number of fused-ring (bicyclic) bond motifs is 1. The Bertz CT molecular complexity index is 937. The third-order valence-electron chi connectivity index (χ3n) is 4.48. The van der Waals surface area contributed by atoms with E-state index in [1.165, 1.54) is 4.90 Å². The minimum Gasteiger partial charge on any atom is -0.336 e. The van der Waals surface area contributed by atoms with Crippen LogP contribution in [0.25, 0.3) is 10.8 Å². The van der Waals surface area contributed by atoms with Gasteiger partial charge in [-0.2, -0.15) is 5.10 Å².